The number of ether oxygens (including phenoxy) is 3. The molecular formula is C21H25NO4. The molecule has 0 N–H and O–H groups in total. The molecule has 5 heteroatoms. The van der Waals surface area contributed by atoms with Gasteiger partial charge < -0.3 is 19.1 Å². The first-order chi connectivity index (χ1) is 12.5. The maximum atomic E-state index is 12.9. The maximum Gasteiger partial charge on any atom is 0.237 e. The lowest BCUT2D eigenvalue weighted by Crippen LogP contribution is -2.36. The summed E-state index contributed by atoms with van der Waals surface area (Å²) >= 11 is 0. The molecule has 26 heavy (non-hydrogen) atoms. The van der Waals surface area contributed by atoms with Gasteiger partial charge in [0, 0.05) is 12.7 Å². The summed E-state index contributed by atoms with van der Waals surface area (Å²) in [6.45, 7) is 2.02. The minimum Gasteiger partial charge on any atom is -0.493 e. The van der Waals surface area contributed by atoms with Gasteiger partial charge in [0.1, 0.15) is 0 Å². The van der Waals surface area contributed by atoms with Crippen molar-refractivity contribution in [3.05, 3.63) is 47.5 Å². The molecule has 0 bridgehead atoms. The average Bonchev–Trinajstić information content (AvgIpc) is 2.87. The molecule has 0 saturated heterocycles. The predicted molar refractivity (Wildman–Crippen MR) is 102 cm³/mol. The third kappa shape index (κ3) is 2.77. The molecule has 0 spiro atoms. The van der Waals surface area contributed by atoms with Gasteiger partial charge in [-0.05, 0) is 49.1 Å². The van der Waals surface area contributed by atoms with E-state index in [9.17, 15) is 4.79 Å². The first-order valence-electron chi connectivity index (χ1n) is 8.62. The second-order valence-corrected chi connectivity index (χ2v) is 6.75. The first-order valence-corrected chi connectivity index (χ1v) is 8.62. The lowest BCUT2D eigenvalue weighted by Gasteiger charge is -2.23. The van der Waals surface area contributed by atoms with E-state index in [1.807, 2.05) is 50.4 Å². The smallest absolute Gasteiger partial charge is 0.237 e. The number of hydrogen-bond acceptors (Lipinski definition) is 4. The number of rotatable bonds is 6. The minimum absolute atomic E-state index is 0.131. The van der Waals surface area contributed by atoms with E-state index < -0.39 is 5.41 Å². The SMILES string of the molecule is COc1cc(CCC2(C)C(=O)N(C)c3ccccc32)cc(OC)c1OC. The van der Waals surface area contributed by atoms with E-state index in [0.717, 1.165) is 23.2 Å². The van der Waals surface area contributed by atoms with Crippen molar-refractivity contribution in [2.24, 2.45) is 0 Å². The summed E-state index contributed by atoms with van der Waals surface area (Å²) in [7, 11) is 6.64. The topological polar surface area (TPSA) is 48.0 Å². The summed E-state index contributed by atoms with van der Waals surface area (Å²) < 4.78 is 16.2. The van der Waals surface area contributed by atoms with E-state index in [1.165, 1.54) is 0 Å². The Morgan fingerprint density at radius 3 is 2.19 bits per heavy atom. The van der Waals surface area contributed by atoms with Crippen molar-refractivity contribution < 1.29 is 19.0 Å². The summed E-state index contributed by atoms with van der Waals surface area (Å²) in [5, 5.41) is 0. The number of anilines is 1. The van der Waals surface area contributed by atoms with Gasteiger partial charge in [-0.15, -0.1) is 0 Å². The molecule has 5 nitrogen and oxygen atoms in total. The van der Waals surface area contributed by atoms with Crippen molar-refractivity contribution in [1.29, 1.82) is 0 Å². The third-order valence-electron chi connectivity index (χ3n) is 5.27. The van der Waals surface area contributed by atoms with Crippen molar-refractivity contribution in [3.63, 3.8) is 0 Å². The molecule has 1 atom stereocenters. The van der Waals surface area contributed by atoms with E-state index in [4.69, 9.17) is 14.2 Å². The fraction of sp³-hybridized carbons (Fsp3) is 0.381. The number of para-hydroxylation sites is 1. The predicted octanol–water partition coefficient (Wildman–Crippen LogP) is 3.58. The molecule has 3 rings (SSSR count). The van der Waals surface area contributed by atoms with Crippen molar-refractivity contribution in [3.8, 4) is 17.2 Å². The van der Waals surface area contributed by atoms with Crippen LogP contribution in [0.3, 0.4) is 0 Å². The zero-order valence-electron chi connectivity index (χ0n) is 16.0. The molecule has 1 heterocycles. The number of likely N-dealkylation sites (N-methyl/N-ethyl adjacent to an activating group) is 1. The molecule has 1 amide bonds. The molecule has 0 radical (unpaired) electrons. The highest BCUT2D eigenvalue weighted by Gasteiger charge is 2.45. The van der Waals surface area contributed by atoms with E-state index in [2.05, 4.69) is 0 Å². The Morgan fingerprint density at radius 2 is 1.62 bits per heavy atom. The zero-order valence-corrected chi connectivity index (χ0v) is 16.0. The number of methoxy groups -OCH3 is 3. The zero-order chi connectivity index (χ0) is 18.9. The van der Waals surface area contributed by atoms with Crippen LogP contribution < -0.4 is 19.1 Å². The maximum absolute atomic E-state index is 12.9. The van der Waals surface area contributed by atoms with Gasteiger partial charge in [-0.2, -0.15) is 0 Å². The molecule has 0 aromatic heterocycles. The van der Waals surface area contributed by atoms with E-state index in [1.54, 1.807) is 26.2 Å². The van der Waals surface area contributed by atoms with Crippen LogP contribution in [-0.2, 0) is 16.6 Å². The van der Waals surface area contributed by atoms with Gasteiger partial charge in [-0.1, -0.05) is 18.2 Å². The molecule has 0 fully saturated rings. The number of fused-ring (bicyclic) bond motifs is 1. The standard InChI is InChI=1S/C21H25NO4/c1-21(15-8-6-7-9-16(15)22(2)20(21)23)11-10-14-12-17(24-3)19(26-5)18(13-14)25-4/h6-9,12-13H,10-11H2,1-5H3. The van der Waals surface area contributed by atoms with Gasteiger partial charge in [0.15, 0.2) is 11.5 Å². The van der Waals surface area contributed by atoms with Crippen LogP contribution in [0.4, 0.5) is 5.69 Å². The van der Waals surface area contributed by atoms with E-state index in [0.29, 0.717) is 23.7 Å². The lowest BCUT2D eigenvalue weighted by molar-refractivity contribution is -0.122. The Bertz CT molecular complexity index is 808. The Kier molecular flexibility index (Phi) is 4.81. The van der Waals surface area contributed by atoms with Crippen LogP contribution in [0, 0.1) is 0 Å². The second-order valence-electron chi connectivity index (χ2n) is 6.75. The molecule has 1 aliphatic heterocycles. The van der Waals surface area contributed by atoms with E-state index >= 15 is 0 Å². The fourth-order valence-electron chi connectivity index (χ4n) is 3.74. The highest BCUT2D eigenvalue weighted by atomic mass is 16.5. The van der Waals surface area contributed by atoms with Crippen molar-refractivity contribution in [2.45, 2.75) is 25.2 Å². The van der Waals surface area contributed by atoms with Gasteiger partial charge in [-0.3, -0.25) is 4.79 Å². The van der Waals surface area contributed by atoms with Gasteiger partial charge in [0.05, 0.1) is 26.7 Å². The minimum atomic E-state index is -0.536. The first kappa shape index (κ1) is 18.1. The normalized spacial score (nSPS) is 18.7. The molecule has 2 aromatic rings. The Hall–Kier alpha value is -2.69. The van der Waals surface area contributed by atoms with Crippen molar-refractivity contribution in [2.75, 3.05) is 33.3 Å². The van der Waals surface area contributed by atoms with Gasteiger partial charge in [0.2, 0.25) is 11.7 Å². The van der Waals surface area contributed by atoms with Gasteiger partial charge >= 0.3 is 0 Å². The third-order valence-corrected chi connectivity index (χ3v) is 5.27. The van der Waals surface area contributed by atoms with Crippen molar-refractivity contribution >= 4 is 11.6 Å². The number of carbonyl (C=O) groups excluding carboxylic acids is 1. The highest BCUT2D eigenvalue weighted by Crippen LogP contribution is 2.44. The Balaban J connectivity index is 1.91. The fourth-order valence-corrected chi connectivity index (χ4v) is 3.74. The largest absolute Gasteiger partial charge is 0.493 e. The Labute approximate surface area is 154 Å². The molecule has 0 saturated carbocycles. The summed E-state index contributed by atoms with van der Waals surface area (Å²) in [5.74, 6) is 1.96. The quantitative estimate of drug-likeness (QED) is 0.795. The molecular weight excluding hydrogens is 330 g/mol. The van der Waals surface area contributed by atoms with Gasteiger partial charge in [-0.25, -0.2) is 0 Å². The van der Waals surface area contributed by atoms with Crippen LogP contribution in [0.15, 0.2) is 36.4 Å². The molecule has 0 aliphatic carbocycles. The second kappa shape index (κ2) is 6.90. The summed E-state index contributed by atoms with van der Waals surface area (Å²) in [4.78, 5) is 14.7. The van der Waals surface area contributed by atoms with Crippen LogP contribution in [0.5, 0.6) is 17.2 Å². The van der Waals surface area contributed by atoms with Gasteiger partial charge in [0.25, 0.3) is 0 Å². The molecule has 2 aromatic carbocycles. The average molecular weight is 355 g/mol. The summed E-state index contributed by atoms with van der Waals surface area (Å²) in [6, 6.07) is 11.9. The molecule has 1 unspecified atom stereocenters. The monoisotopic (exact) mass is 355 g/mol. The Morgan fingerprint density at radius 1 is 1.00 bits per heavy atom. The summed E-state index contributed by atoms with van der Waals surface area (Å²) in [5.41, 5.74) is 2.58. The van der Waals surface area contributed by atoms with E-state index in [-0.39, 0.29) is 5.91 Å². The van der Waals surface area contributed by atoms with Crippen LogP contribution in [0.1, 0.15) is 24.5 Å². The molecule has 1 aliphatic rings. The number of hydrogen-bond donors (Lipinski definition) is 0. The van der Waals surface area contributed by atoms with Crippen molar-refractivity contribution in [1.82, 2.24) is 0 Å². The number of nitrogens with zero attached hydrogens (tertiary/aromatic N) is 1. The van der Waals surface area contributed by atoms with Crippen LogP contribution in [0.2, 0.25) is 0 Å². The summed E-state index contributed by atoms with van der Waals surface area (Å²) in [6.07, 6.45) is 1.42. The molecule has 138 valence electrons. The number of aryl methyl sites for hydroxylation is 1. The number of benzene rings is 2. The highest BCUT2D eigenvalue weighted by molar-refractivity contribution is 6.07. The van der Waals surface area contributed by atoms with Crippen LogP contribution >= 0.6 is 0 Å². The lowest BCUT2D eigenvalue weighted by atomic mass is 9.79. The van der Waals surface area contributed by atoms with Crippen LogP contribution in [-0.4, -0.2) is 34.3 Å². The number of amides is 1. The van der Waals surface area contributed by atoms with Crippen LogP contribution in [0.25, 0.3) is 0 Å². The number of carbonyl (C=O) groups is 1.